The lowest BCUT2D eigenvalue weighted by molar-refractivity contribution is 0.700. The fourth-order valence-corrected chi connectivity index (χ4v) is 3.46. The summed E-state index contributed by atoms with van der Waals surface area (Å²) in [4.78, 5) is 0. The smallest absolute Gasteiger partial charge is 0.206 e. The van der Waals surface area contributed by atoms with Crippen molar-refractivity contribution in [3.8, 4) is 22.9 Å². The van der Waals surface area contributed by atoms with Crippen LogP contribution in [0.25, 0.3) is 21.5 Å². The first-order chi connectivity index (χ1) is 13.1. The van der Waals surface area contributed by atoms with Crippen LogP contribution >= 0.6 is 11.3 Å². The lowest BCUT2D eigenvalue weighted by Gasteiger charge is -2.12. The number of aryl methyl sites for hydroxylation is 1. The molecule has 138 valence electrons. The quantitative estimate of drug-likeness (QED) is 0.431. The molecule has 7 heteroatoms. The summed E-state index contributed by atoms with van der Waals surface area (Å²) in [7, 11) is 0. The van der Waals surface area contributed by atoms with Crippen LogP contribution in [0.15, 0.2) is 42.0 Å². The Balaban J connectivity index is 1.63. The Morgan fingerprint density at radius 3 is 3.07 bits per heavy atom. The van der Waals surface area contributed by atoms with Gasteiger partial charge in [-0.15, -0.1) is 16.6 Å². The van der Waals surface area contributed by atoms with Gasteiger partial charge in [0.1, 0.15) is 5.01 Å². The van der Waals surface area contributed by atoms with E-state index in [9.17, 15) is 0 Å². The van der Waals surface area contributed by atoms with Crippen molar-refractivity contribution in [1.82, 2.24) is 20.4 Å². The Morgan fingerprint density at radius 1 is 1.44 bits per heavy atom. The number of aromatic amines is 1. The third-order valence-corrected chi connectivity index (χ3v) is 5.12. The molecule has 3 aromatic rings. The molecular weight excluding hydrogens is 356 g/mol. The molecule has 0 saturated heterocycles. The van der Waals surface area contributed by atoms with Crippen molar-refractivity contribution in [2.24, 2.45) is 5.73 Å². The Hall–Kier alpha value is -2.95. The largest absolute Gasteiger partial charge is 0.359 e. The molecule has 0 spiro atoms. The number of hydrogen-bond acceptors (Lipinski definition) is 6. The van der Waals surface area contributed by atoms with Crippen LogP contribution in [0.2, 0.25) is 0 Å². The van der Waals surface area contributed by atoms with Gasteiger partial charge in [-0.2, -0.15) is 5.10 Å². The first kappa shape index (κ1) is 18.8. The van der Waals surface area contributed by atoms with Crippen molar-refractivity contribution in [3.63, 3.8) is 0 Å². The molecule has 0 saturated carbocycles. The number of anilines is 1. The van der Waals surface area contributed by atoms with E-state index in [1.54, 1.807) is 6.08 Å². The van der Waals surface area contributed by atoms with Gasteiger partial charge >= 0.3 is 0 Å². The molecule has 0 bridgehead atoms. The van der Waals surface area contributed by atoms with Crippen LogP contribution in [0.3, 0.4) is 0 Å². The molecule has 0 amide bonds. The van der Waals surface area contributed by atoms with E-state index in [0.29, 0.717) is 6.54 Å². The third-order valence-electron chi connectivity index (χ3n) is 4.19. The number of nitrogens with one attached hydrogen (secondary N) is 2. The monoisotopic (exact) mass is 378 g/mol. The van der Waals surface area contributed by atoms with E-state index in [1.807, 2.05) is 38.1 Å². The van der Waals surface area contributed by atoms with Crippen LogP contribution in [0, 0.1) is 19.3 Å². The van der Waals surface area contributed by atoms with E-state index in [0.717, 1.165) is 44.3 Å². The van der Waals surface area contributed by atoms with Crippen LogP contribution in [-0.4, -0.2) is 33.0 Å². The molecule has 4 N–H and O–H groups in total. The first-order valence-electron chi connectivity index (χ1n) is 8.66. The van der Waals surface area contributed by atoms with Crippen molar-refractivity contribution in [2.75, 3.05) is 11.9 Å². The molecule has 1 atom stereocenters. The number of allylic oxidation sites excluding steroid dienone is 3. The summed E-state index contributed by atoms with van der Waals surface area (Å²) in [5.41, 5.74) is 10.3. The number of fused-ring (bicyclic) bond motifs is 1. The number of hydrogen-bond donors (Lipinski definition) is 3. The molecule has 2 heterocycles. The Kier molecular flexibility index (Phi) is 6.01. The summed E-state index contributed by atoms with van der Waals surface area (Å²) in [6.07, 6.45) is 11.6. The summed E-state index contributed by atoms with van der Waals surface area (Å²) in [5.74, 6) is 2.49. The van der Waals surface area contributed by atoms with Crippen LogP contribution in [0.5, 0.6) is 0 Å². The van der Waals surface area contributed by atoms with E-state index < -0.39 is 0 Å². The van der Waals surface area contributed by atoms with Gasteiger partial charge in [-0.05, 0) is 44.5 Å². The summed E-state index contributed by atoms with van der Waals surface area (Å²) < 4.78 is 0. The lowest BCUT2D eigenvalue weighted by Crippen LogP contribution is -2.29. The van der Waals surface area contributed by atoms with Crippen LogP contribution in [-0.2, 0) is 0 Å². The molecule has 0 radical (unpaired) electrons. The molecule has 27 heavy (non-hydrogen) atoms. The minimum Gasteiger partial charge on any atom is -0.359 e. The summed E-state index contributed by atoms with van der Waals surface area (Å²) in [6.45, 7) is 4.59. The highest BCUT2D eigenvalue weighted by Crippen LogP contribution is 2.29. The van der Waals surface area contributed by atoms with Crippen molar-refractivity contribution in [2.45, 2.75) is 26.3 Å². The SMILES string of the molecule is C#C/C=C\C(=C/C)C[C@H](N)CNc1nnc(-c2ccc3n[nH]c(C)c3c2)s1. The van der Waals surface area contributed by atoms with Gasteiger partial charge in [0.05, 0.1) is 5.52 Å². The molecule has 0 unspecified atom stereocenters. The number of nitrogens with two attached hydrogens (primary N) is 1. The number of terminal acetylenes is 1. The van der Waals surface area contributed by atoms with Gasteiger partial charge in [0.15, 0.2) is 0 Å². The van der Waals surface area contributed by atoms with Gasteiger partial charge in [-0.1, -0.05) is 35.0 Å². The van der Waals surface area contributed by atoms with E-state index in [2.05, 4.69) is 37.7 Å². The molecule has 1 aromatic carbocycles. The van der Waals surface area contributed by atoms with Crippen molar-refractivity contribution < 1.29 is 0 Å². The highest BCUT2D eigenvalue weighted by molar-refractivity contribution is 7.18. The summed E-state index contributed by atoms with van der Waals surface area (Å²) in [5, 5.41) is 21.8. The molecule has 0 aliphatic carbocycles. The number of nitrogens with zero attached hydrogens (tertiary/aromatic N) is 3. The average Bonchev–Trinajstić information content (AvgIpc) is 3.30. The third kappa shape index (κ3) is 4.61. The zero-order valence-corrected chi connectivity index (χ0v) is 16.2. The standard InChI is InChI=1S/C20H22N6S/c1-4-6-7-14(5-2)10-16(21)12-22-20-26-25-19(27-20)15-8-9-18-17(11-15)13(3)23-24-18/h1,5-9,11,16H,10,12,21H2,2-3H3,(H,22,26)(H,23,24)/b7-6-,14-5+/t16-/m0/s1. The first-order valence-corrected chi connectivity index (χ1v) is 9.48. The van der Waals surface area contributed by atoms with Gasteiger partial charge in [-0.3, -0.25) is 5.10 Å². The molecule has 6 nitrogen and oxygen atoms in total. The zero-order valence-electron chi connectivity index (χ0n) is 15.4. The van der Waals surface area contributed by atoms with E-state index in [4.69, 9.17) is 12.2 Å². The predicted octanol–water partition coefficient (Wildman–Crippen LogP) is 3.65. The van der Waals surface area contributed by atoms with E-state index in [1.165, 1.54) is 11.3 Å². The Labute approximate surface area is 162 Å². The van der Waals surface area contributed by atoms with E-state index >= 15 is 0 Å². The normalized spacial score (nSPS) is 13.2. The van der Waals surface area contributed by atoms with Gasteiger partial charge in [0.2, 0.25) is 5.13 Å². The highest BCUT2D eigenvalue weighted by Gasteiger charge is 2.11. The molecular formula is C20H22N6S. The maximum Gasteiger partial charge on any atom is 0.206 e. The molecule has 0 fully saturated rings. The van der Waals surface area contributed by atoms with Crippen LogP contribution < -0.4 is 11.1 Å². The predicted molar refractivity (Wildman–Crippen MR) is 113 cm³/mol. The van der Waals surface area contributed by atoms with Gasteiger partial charge in [0.25, 0.3) is 0 Å². The average molecular weight is 379 g/mol. The molecule has 0 aliphatic rings. The van der Waals surface area contributed by atoms with Crippen LogP contribution in [0.1, 0.15) is 19.0 Å². The topological polar surface area (TPSA) is 92.5 Å². The van der Waals surface area contributed by atoms with Gasteiger partial charge in [0, 0.05) is 29.2 Å². The molecule has 3 rings (SSSR count). The number of rotatable bonds is 7. The maximum absolute atomic E-state index is 6.21. The minimum atomic E-state index is -0.0455. The zero-order chi connectivity index (χ0) is 19.2. The second kappa shape index (κ2) is 8.62. The number of H-pyrrole nitrogens is 1. The lowest BCUT2D eigenvalue weighted by atomic mass is 10.1. The van der Waals surface area contributed by atoms with Gasteiger partial charge in [-0.25, -0.2) is 0 Å². The fourth-order valence-electron chi connectivity index (χ4n) is 2.71. The van der Waals surface area contributed by atoms with Crippen LogP contribution in [0.4, 0.5) is 5.13 Å². The summed E-state index contributed by atoms with van der Waals surface area (Å²) >= 11 is 1.51. The van der Waals surface area contributed by atoms with Crippen molar-refractivity contribution in [1.29, 1.82) is 0 Å². The second-order valence-corrected chi connectivity index (χ2v) is 7.18. The Bertz CT molecular complexity index is 1020. The van der Waals surface area contributed by atoms with Gasteiger partial charge < -0.3 is 11.1 Å². The molecule has 0 aliphatic heterocycles. The number of benzene rings is 1. The summed E-state index contributed by atoms with van der Waals surface area (Å²) in [6, 6.07) is 6.03. The highest BCUT2D eigenvalue weighted by atomic mass is 32.1. The van der Waals surface area contributed by atoms with E-state index in [-0.39, 0.29) is 6.04 Å². The second-order valence-electron chi connectivity index (χ2n) is 6.20. The molecule has 2 aromatic heterocycles. The van der Waals surface area contributed by atoms with Crippen molar-refractivity contribution in [3.05, 3.63) is 47.7 Å². The van der Waals surface area contributed by atoms with Crippen molar-refractivity contribution >= 4 is 27.4 Å². The Morgan fingerprint density at radius 2 is 2.30 bits per heavy atom. The maximum atomic E-state index is 6.21. The minimum absolute atomic E-state index is 0.0455. The number of aromatic nitrogens is 4. The fraction of sp³-hybridized carbons (Fsp3) is 0.250.